The number of aliphatic carboxylic acids is 1. The highest BCUT2D eigenvalue weighted by molar-refractivity contribution is 8.26. The maximum absolute atomic E-state index is 13.0. The lowest BCUT2D eigenvalue weighted by atomic mass is 10.1. The van der Waals surface area contributed by atoms with Crippen LogP contribution in [0.3, 0.4) is 0 Å². The molecule has 4 rings (SSSR count). The van der Waals surface area contributed by atoms with Crippen molar-refractivity contribution in [1.82, 2.24) is 4.90 Å². The van der Waals surface area contributed by atoms with Gasteiger partial charge in [-0.05, 0) is 30.7 Å². The van der Waals surface area contributed by atoms with Crippen LogP contribution in [-0.2, 0) is 16.0 Å². The van der Waals surface area contributed by atoms with Crippen molar-refractivity contribution < 1.29 is 28.5 Å². The predicted octanol–water partition coefficient (Wildman–Crippen LogP) is 4.74. The van der Waals surface area contributed by atoms with E-state index in [1.165, 1.54) is 24.5 Å². The molecule has 0 spiro atoms. The van der Waals surface area contributed by atoms with Gasteiger partial charge in [0.1, 0.15) is 27.6 Å². The molecule has 33 heavy (non-hydrogen) atoms. The van der Waals surface area contributed by atoms with Crippen molar-refractivity contribution in [3.63, 3.8) is 0 Å². The highest BCUT2D eigenvalue weighted by Gasteiger charge is 2.40. The SMILES string of the molecule is O=C(O)[C@H](CCc1ccco1)N1C(=O)/C(=C\c2ccc(-c3cccc([N+](=O)[O-])c3)o2)SC1=S. The lowest BCUT2D eigenvalue weighted by Crippen LogP contribution is -2.44. The molecule has 0 bridgehead atoms. The Kier molecular flexibility index (Phi) is 6.43. The summed E-state index contributed by atoms with van der Waals surface area (Å²) in [6.45, 7) is 0. The summed E-state index contributed by atoms with van der Waals surface area (Å²) in [5.74, 6) is -0.344. The smallest absolute Gasteiger partial charge is 0.326 e. The minimum atomic E-state index is -1.16. The van der Waals surface area contributed by atoms with E-state index in [0.29, 0.717) is 29.3 Å². The Morgan fingerprint density at radius 1 is 1.27 bits per heavy atom. The van der Waals surface area contributed by atoms with Crippen LogP contribution in [0.1, 0.15) is 17.9 Å². The molecule has 0 radical (unpaired) electrons. The number of nitro benzene ring substituents is 1. The first-order valence-corrected chi connectivity index (χ1v) is 10.9. The van der Waals surface area contributed by atoms with E-state index in [9.17, 15) is 24.8 Å². The molecule has 0 unspecified atom stereocenters. The van der Waals surface area contributed by atoms with Gasteiger partial charge in [-0.25, -0.2) is 4.79 Å². The number of carboxylic acids is 1. The third kappa shape index (κ3) is 4.89. The Morgan fingerprint density at radius 2 is 2.09 bits per heavy atom. The fraction of sp³-hybridized carbons (Fsp3) is 0.136. The molecule has 1 atom stereocenters. The standard InChI is InChI=1S/C22H16N2O7S2/c25-20-19(12-16-7-9-18(31-16)13-3-1-4-14(11-13)24(28)29)33-22(32)23(20)17(21(26)27)8-6-15-5-2-10-30-15/h1-5,7,9-12,17H,6,8H2,(H,26,27)/b19-12+/t17-/m0/s1. The summed E-state index contributed by atoms with van der Waals surface area (Å²) in [5.41, 5.74) is 0.445. The van der Waals surface area contributed by atoms with Crippen molar-refractivity contribution in [3.8, 4) is 11.3 Å². The molecule has 1 aromatic carbocycles. The van der Waals surface area contributed by atoms with Gasteiger partial charge < -0.3 is 13.9 Å². The number of amides is 1. The van der Waals surface area contributed by atoms with Crippen molar-refractivity contribution >= 4 is 51.9 Å². The van der Waals surface area contributed by atoms with Crippen LogP contribution >= 0.6 is 24.0 Å². The third-order valence-electron chi connectivity index (χ3n) is 4.91. The number of hydrogen-bond donors (Lipinski definition) is 1. The number of carbonyl (C=O) groups is 2. The lowest BCUT2D eigenvalue weighted by molar-refractivity contribution is -0.384. The van der Waals surface area contributed by atoms with Gasteiger partial charge in [0, 0.05) is 30.2 Å². The number of aryl methyl sites for hydroxylation is 1. The molecular weight excluding hydrogens is 468 g/mol. The normalized spacial score (nSPS) is 15.9. The van der Waals surface area contributed by atoms with Crippen molar-refractivity contribution in [2.75, 3.05) is 0 Å². The second-order valence-electron chi connectivity index (χ2n) is 7.03. The van der Waals surface area contributed by atoms with E-state index in [-0.39, 0.29) is 21.3 Å². The van der Waals surface area contributed by atoms with Gasteiger partial charge in [-0.15, -0.1) is 0 Å². The van der Waals surface area contributed by atoms with Gasteiger partial charge in [-0.1, -0.05) is 36.1 Å². The highest BCUT2D eigenvalue weighted by Crippen LogP contribution is 2.36. The predicted molar refractivity (Wildman–Crippen MR) is 124 cm³/mol. The fourth-order valence-electron chi connectivity index (χ4n) is 3.33. The van der Waals surface area contributed by atoms with Gasteiger partial charge in [0.25, 0.3) is 11.6 Å². The molecule has 1 N–H and O–H groups in total. The summed E-state index contributed by atoms with van der Waals surface area (Å²) in [7, 11) is 0. The van der Waals surface area contributed by atoms with Gasteiger partial charge in [-0.3, -0.25) is 19.8 Å². The molecule has 0 saturated carbocycles. The zero-order valence-corrected chi connectivity index (χ0v) is 18.5. The van der Waals surface area contributed by atoms with Crippen LogP contribution in [0.2, 0.25) is 0 Å². The third-order valence-corrected chi connectivity index (χ3v) is 6.24. The van der Waals surface area contributed by atoms with Crippen molar-refractivity contribution in [2.45, 2.75) is 18.9 Å². The summed E-state index contributed by atoms with van der Waals surface area (Å²) >= 11 is 6.28. The van der Waals surface area contributed by atoms with Crippen LogP contribution < -0.4 is 0 Å². The van der Waals surface area contributed by atoms with Crippen LogP contribution in [0.25, 0.3) is 17.4 Å². The second kappa shape index (κ2) is 9.43. The average Bonchev–Trinajstić information content (AvgIpc) is 3.52. The van der Waals surface area contributed by atoms with E-state index in [1.807, 2.05) is 0 Å². The van der Waals surface area contributed by atoms with E-state index < -0.39 is 22.8 Å². The Labute approximate surface area is 196 Å². The maximum atomic E-state index is 13.0. The summed E-state index contributed by atoms with van der Waals surface area (Å²) in [6.07, 6.45) is 3.45. The zero-order chi connectivity index (χ0) is 23.5. The van der Waals surface area contributed by atoms with Gasteiger partial charge in [-0.2, -0.15) is 0 Å². The van der Waals surface area contributed by atoms with Crippen LogP contribution in [-0.4, -0.2) is 37.2 Å². The van der Waals surface area contributed by atoms with E-state index in [0.717, 1.165) is 16.7 Å². The molecule has 11 heteroatoms. The molecule has 1 aliphatic heterocycles. The molecule has 9 nitrogen and oxygen atoms in total. The largest absolute Gasteiger partial charge is 0.480 e. The molecule has 3 aromatic rings. The van der Waals surface area contributed by atoms with Crippen molar-refractivity contribution in [1.29, 1.82) is 0 Å². The number of non-ortho nitro benzene ring substituents is 1. The first-order valence-electron chi connectivity index (χ1n) is 9.70. The van der Waals surface area contributed by atoms with Crippen LogP contribution in [0.5, 0.6) is 0 Å². The highest BCUT2D eigenvalue weighted by atomic mass is 32.2. The van der Waals surface area contributed by atoms with E-state index in [2.05, 4.69) is 0 Å². The van der Waals surface area contributed by atoms with E-state index in [1.54, 1.807) is 36.4 Å². The van der Waals surface area contributed by atoms with Gasteiger partial charge in [0.05, 0.1) is 16.1 Å². The Bertz CT molecular complexity index is 1260. The maximum Gasteiger partial charge on any atom is 0.326 e. The molecular formula is C22H16N2O7S2. The molecule has 1 fully saturated rings. The van der Waals surface area contributed by atoms with Crippen LogP contribution in [0, 0.1) is 10.1 Å². The number of carboxylic acid groups (broad SMARTS) is 1. The Balaban J connectivity index is 1.53. The molecule has 3 heterocycles. The number of nitrogens with zero attached hydrogens (tertiary/aromatic N) is 2. The molecule has 168 valence electrons. The number of carbonyl (C=O) groups excluding carboxylic acids is 1. The summed E-state index contributed by atoms with van der Waals surface area (Å²) in [5, 5.41) is 20.7. The minimum Gasteiger partial charge on any atom is -0.480 e. The molecule has 0 aliphatic carbocycles. The molecule has 1 amide bonds. The molecule has 2 aromatic heterocycles. The number of furan rings is 2. The molecule has 1 saturated heterocycles. The summed E-state index contributed by atoms with van der Waals surface area (Å²) in [6, 6.07) is 11.5. The number of thiocarbonyl (C=S) groups is 1. The first-order chi connectivity index (χ1) is 15.8. The number of thioether (sulfide) groups is 1. The number of benzene rings is 1. The second-order valence-corrected chi connectivity index (χ2v) is 8.71. The number of hydrogen-bond acceptors (Lipinski definition) is 8. The summed E-state index contributed by atoms with van der Waals surface area (Å²) < 4.78 is 11.1. The van der Waals surface area contributed by atoms with E-state index in [4.69, 9.17) is 21.1 Å². The van der Waals surface area contributed by atoms with Crippen molar-refractivity contribution in [3.05, 3.63) is 81.3 Å². The zero-order valence-electron chi connectivity index (χ0n) is 16.9. The van der Waals surface area contributed by atoms with E-state index >= 15 is 0 Å². The fourth-order valence-corrected chi connectivity index (χ4v) is 4.67. The van der Waals surface area contributed by atoms with Crippen LogP contribution in [0.15, 0.2) is 68.5 Å². The number of rotatable bonds is 8. The minimum absolute atomic E-state index is 0.0689. The average molecular weight is 485 g/mol. The van der Waals surface area contributed by atoms with Crippen LogP contribution in [0.4, 0.5) is 5.69 Å². The van der Waals surface area contributed by atoms with Gasteiger partial charge in [0.15, 0.2) is 0 Å². The quantitative estimate of drug-likeness (QED) is 0.209. The van der Waals surface area contributed by atoms with Gasteiger partial charge >= 0.3 is 5.97 Å². The van der Waals surface area contributed by atoms with Crippen molar-refractivity contribution in [2.24, 2.45) is 0 Å². The van der Waals surface area contributed by atoms with Gasteiger partial charge in [0.2, 0.25) is 0 Å². The number of nitro groups is 1. The Morgan fingerprint density at radius 3 is 2.79 bits per heavy atom. The monoisotopic (exact) mass is 484 g/mol. The molecule has 1 aliphatic rings. The lowest BCUT2D eigenvalue weighted by Gasteiger charge is -2.22. The Hall–Kier alpha value is -3.70. The topological polar surface area (TPSA) is 127 Å². The first kappa shape index (κ1) is 22.5. The summed E-state index contributed by atoms with van der Waals surface area (Å²) in [4.78, 5) is 36.7.